The Balaban J connectivity index is 2.09. The number of anilines is 1. The van der Waals surface area contributed by atoms with Crippen molar-refractivity contribution in [1.29, 1.82) is 0 Å². The number of thiol groups is 1. The van der Waals surface area contributed by atoms with Crippen molar-refractivity contribution in [3.63, 3.8) is 0 Å². The van der Waals surface area contributed by atoms with Crippen molar-refractivity contribution < 1.29 is 56.1 Å². The van der Waals surface area contributed by atoms with Crippen LogP contribution in [0.5, 0.6) is 0 Å². The lowest BCUT2D eigenvalue weighted by molar-refractivity contribution is -0.147. The van der Waals surface area contributed by atoms with Gasteiger partial charge in [0, 0.05) is 37.3 Å². The van der Waals surface area contributed by atoms with Gasteiger partial charge in [0.05, 0.1) is 0 Å². The lowest BCUT2D eigenvalue weighted by Gasteiger charge is -2.27. The Morgan fingerprint density at radius 1 is 0.875 bits per heavy atom. The fourth-order valence-electron chi connectivity index (χ4n) is 5.12. The summed E-state index contributed by atoms with van der Waals surface area (Å²) in [7, 11) is -4.80. The zero-order valence-corrected chi connectivity index (χ0v) is 33.4. The summed E-state index contributed by atoms with van der Waals surface area (Å²) >= 11 is 4.18. The number of imide groups is 1. The van der Waals surface area contributed by atoms with Crippen LogP contribution in [0.2, 0.25) is 0 Å². The number of nitrogens with one attached hydrogen (secondary N) is 5. The average Bonchev–Trinajstić information content (AvgIpc) is 3.41. The van der Waals surface area contributed by atoms with E-state index in [1.165, 1.54) is 0 Å². The Bertz CT molecular complexity index is 1730. The highest BCUT2D eigenvalue weighted by molar-refractivity contribution is 7.85. The van der Waals surface area contributed by atoms with E-state index in [0.29, 0.717) is 24.1 Å². The highest BCUT2D eigenvalue weighted by Crippen LogP contribution is 2.17. The van der Waals surface area contributed by atoms with E-state index in [1.54, 1.807) is 52.0 Å². The molecule has 8 amide bonds. The summed E-state index contributed by atoms with van der Waals surface area (Å²) in [5.74, 6) is -6.53. The summed E-state index contributed by atoms with van der Waals surface area (Å²) in [6, 6.07) is 1.19. The minimum Gasteiger partial charge on any atom is -0.460 e. The molecular weight excluding hydrogens is 775 g/mol. The van der Waals surface area contributed by atoms with Gasteiger partial charge in [0.15, 0.2) is 0 Å². The number of carbonyl (C=O) groups is 8. The molecule has 19 nitrogen and oxygen atoms in total. The summed E-state index contributed by atoms with van der Waals surface area (Å²) in [5.41, 5.74) is 6.09. The molecule has 0 spiro atoms. The summed E-state index contributed by atoms with van der Waals surface area (Å²) in [6.45, 7) is 6.51. The van der Waals surface area contributed by atoms with Crippen molar-refractivity contribution in [2.24, 2.45) is 11.7 Å². The first-order valence-electron chi connectivity index (χ1n) is 17.8. The molecule has 0 unspecified atom stereocenters. The van der Waals surface area contributed by atoms with Crippen LogP contribution in [0.3, 0.4) is 0 Å². The second kappa shape index (κ2) is 21.9. The SMILES string of the molecule is CC(C)[C@@H](NC(=O)[C@@H](CS(=O)(=O)O)NC(=O)CCCCCN1C(=O)C=CC1=O)C(=O)N[C@H](CCCNC(N)=O)C(=O)Nc1ccc(COC(=O)C(C)(C)S)cc1. The molecule has 0 saturated carbocycles. The predicted molar refractivity (Wildman–Crippen MR) is 206 cm³/mol. The standard InChI is InChI=1S/C35H51N7O12S2/c1-21(2)29(41-31(47)25(20-56(51,52)53)39-26(43)10-6-5-7-18-42-27(44)15-16-28(42)45)32(48)40-24(9-8-17-37-34(36)50)30(46)38-23-13-11-22(12-14-23)19-54-33(49)35(3,4)55/h11-16,21,24-25,29,55H,5-10,17-20H2,1-4H3,(H,38,46)(H,39,43)(H,40,48)(H,41,47)(H3,36,37,50)(H,51,52,53)/t24-,25-,29-/m1/s1. The number of hydrogen-bond donors (Lipinski definition) is 8. The molecule has 0 aromatic heterocycles. The molecule has 0 radical (unpaired) electrons. The van der Waals surface area contributed by atoms with Crippen LogP contribution in [0.25, 0.3) is 0 Å². The Labute approximate surface area is 330 Å². The van der Waals surface area contributed by atoms with Crippen molar-refractivity contribution >= 4 is 75.9 Å². The van der Waals surface area contributed by atoms with Crippen molar-refractivity contribution in [1.82, 2.24) is 26.2 Å². The number of hydrogen-bond acceptors (Lipinski definition) is 12. The number of nitrogens with zero attached hydrogens (tertiary/aromatic N) is 1. The molecule has 1 aliphatic heterocycles. The number of rotatable bonds is 23. The zero-order valence-electron chi connectivity index (χ0n) is 31.7. The Kier molecular flexibility index (Phi) is 18.4. The van der Waals surface area contributed by atoms with Crippen LogP contribution in [0.4, 0.5) is 10.5 Å². The van der Waals surface area contributed by atoms with Crippen LogP contribution in [-0.4, -0.2) is 107 Å². The van der Waals surface area contributed by atoms with Gasteiger partial charge in [-0.1, -0.05) is 32.4 Å². The second-order valence-electron chi connectivity index (χ2n) is 13.9. The number of amides is 8. The third-order valence-electron chi connectivity index (χ3n) is 8.15. The summed E-state index contributed by atoms with van der Waals surface area (Å²) in [5, 5.41) is 12.3. The molecule has 1 aromatic carbocycles. The number of urea groups is 1. The zero-order chi connectivity index (χ0) is 42.2. The third-order valence-corrected chi connectivity index (χ3v) is 9.09. The lowest BCUT2D eigenvalue weighted by atomic mass is 10.0. The van der Waals surface area contributed by atoms with Crippen LogP contribution < -0.4 is 32.3 Å². The maximum atomic E-state index is 13.6. The first-order chi connectivity index (χ1) is 26.1. The molecule has 56 heavy (non-hydrogen) atoms. The second-order valence-corrected chi connectivity index (χ2v) is 16.5. The topological polar surface area (TPSA) is 290 Å². The van der Waals surface area contributed by atoms with E-state index in [2.05, 4.69) is 39.2 Å². The van der Waals surface area contributed by atoms with Gasteiger partial charge in [-0.15, -0.1) is 0 Å². The van der Waals surface area contributed by atoms with Gasteiger partial charge in [-0.25, -0.2) is 4.79 Å². The predicted octanol–water partition coefficient (Wildman–Crippen LogP) is 0.309. The molecule has 1 aromatic rings. The summed E-state index contributed by atoms with van der Waals surface area (Å²) in [6.07, 6.45) is 3.43. The summed E-state index contributed by atoms with van der Waals surface area (Å²) < 4.78 is 37.3. The van der Waals surface area contributed by atoms with E-state index >= 15 is 0 Å². The van der Waals surface area contributed by atoms with E-state index in [1.807, 2.05) is 0 Å². The van der Waals surface area contributed by atoms with Crippen LogP contribution in [0, 0.1) is 5.92 Å². The van der Waals surface area contributed by atoms with Gasteiger partial charge >= 0.3 is 12.0 Å². The first kappa shape index (κ1) is 47.1. The van der Waals surface area contributed by atoms with Crippen molar-refractivity contribution in [2.45, 2.75) is 95.7 Å². The van der Waals surface area contributed by atoms with Crippen LogP contribution >= 0.6 is 12.6 Å². The van der Waals surface area contributed by atoms with Gasteiger partial charge < -0.3 is 37.1 Å². The van der Waals surface area contributed by atoms with Crippen LogP contribution in [-0.2, 0) is 55.0 Å². The number of unbranched alkanes of at least 4 members (excludes halogenated alkanes) is 2. The molecule has 0 aliphatic carbocycles. The molecule has 2 rings (SSSR count). The first-order valence-corrected chi connectivity index (χ1v) is 19.8. The van der Waals surface area contributed by atoms with Crippen molar-refractivity contribution in [3.05, 3.63) is 42.0 Å². The average molecular weight is 826 g/mol. The fourth-order valence-corrected chi connectivity index (χ4v) is 5.84. The maximum absolute atomic E-state index is 13.6. The molecule has 0 bridgehead atoms. The number of ether oxygens (including phenoxy) is 1. The lowest BCUT2D eigenvalue weighted by Crippen LogP contribution is -2.59. The molecule has 1 aliphatic rings. The van der Waals surface area contributed by atoms with E-state index in [4.69, 9.17) is 10.5 Å². The Morgan fingerprint density at radius 2 is 1.50 bits per heavy atom. The van der Waals surface area contributed by atoms with Gasteiger partial charge in [0.25, 0.3) is 21.9 Å². The molecule has 3 atom stereocenters. The highest BCUT2D eigenvalue weighted by Gasteiger charge is 2.33. The minimum atomic E-state index is -4.80. The van der Waals surface area contributed by atoms with E-state index in [9.17, 15) is 51.3 Å². The van der Waals surface area contributed by atoms with Gasteiger partial charge in [-0.2, -0.15) is 21.0 Å². The quantitative estimate of drug-likeness (QED) is 0.0243. The minimum absolute atomic E-state index is 0.00708. The van der Waals surface area contributed by atoms with Gasteiger partial charge in [-0.05, 0) is 63.1 Å². The molecule has 1 heterocycles. The third kappa shape index (κ3) is 17.2. The van der Waals surface area contributed by atoms with E-state index in [-0.39, 0.29) is 45.4 Å². The normalized spacial score (nSPS) is 14.4. The van der Waals surface area contributed by atoms with Gasteiger partial charge in [0.1, 0.15) is 35.2 Å². The van der Waals surface area contributed by atoms with Crippen molar-refractivity contribution in [3.8, 4) is 0 Å². The van der Waals surface area contributed by atoms with E-state index in [0.717, 1.165) is 17.1 Å². The number of nitrogens with two attached hydrogens (primary N) is 1. The van der Waals surface area contributed by atoms with E-state index < -0.39 is 92.1 Å². The van der Waals surface area contributed by atoms with Crippen LogP contribution in [0.1, 0.15) is 71.8 Å². The molecular formula is C35H51N7O12S2. The largest absolute Gasteiger partial charge is 0.460 e. The van der Waals surface area contributed by atoms with Crippen LogP contribution in [0.15, 0.2) is 36.4 Å². The Morgan fingerprint density at radius 3 is 2.05 bits per heavy atom. The number of primary amides is 1. The molecule has 0 saturated heterocycles. The Hall–Kier alpha value is -5.02. The smallest absolute Gasteiger partial charge is 0.321 e. The molecule has 0 fully saturated rings. The summed E-state index contributed by atoms with van der Waals surface area (Å²) in [4.78, 5) is 101. The molecule has 8 N–H and O–H groups in total. The molecule has 21 heteroatoms. The maximum Gasteiger partial charge on any atom is 0.321 e. The fraction of sp³-hybridized carbons (Fsp3) is 0.543. The van der Waals surface area contributed by atoms with Gasteiger partial charge in [0.2, 0.25) is 23.6 Å². The van der Waals surface area contributed by atoms with Gasteiger partial charge in [-0.3, -0.25) is 43.0 Å². The molecule has 310 valence electrons. The monoisotopic (exact) mass is 825 g/mol. The van der Waals surface area contributed by atoms with Crippen molar-refractivity contribution in [2.75, 3.05) is 24.2 Å². The number of carbonyl (C=O) groups excluding carboxylic acids is 8. The highest BCUT2D eigenvalue weighted by atomic mass is 32.2. The number of esters is 1. The number of benzene rings is 1.